The fourth-order valence-corrected chi connectivity index (χ4v) is 3.93. The fraction of sp³-hybridized carbons (Fsp3) is 0.438. The topological polar surface area (TPSA) is 55.6 Å². The number of hydrogen-bond acceptors (Lipinski definition) is 4. The van der Waals surface area contributed by atoms with E-state index in [-0.39, 0.29) is 11.5 Å². The summed E-state index contributed by atoms with van der Waals surface area (Å²) in [6, 6.07) is 6.01. The van der Waals surface area contributed by atoms with E-state index in [9.17, 15) is 4.79 Å². The zero-order chi connectivity index (χ0) is 15.2. The average Bonchev–Trinajstić information content (AvgIpc) is 2.76. The first kappa shape index (κ1) is 14.4. The summed E-state index contributed by atoms with van der Waals surface area (Å²) < 4.78 is 6.77. The van der Waals surface area contributed by atoms with Gasteiger partial charge in [0.25, 0.3) is 5.91 Å². The van der Waals surface area contributed by atoms with Gasteiger partial charge in [-0.25, -0.2) is 0 Å². The second-order valence-electron chi connectivity index (χ2n) is 6.13. The van der Waals surface area contributed by atoms with Crippen LogP contribution in [0.1, 0.15) is 29.1 Å². The van der Waals surface area contributed by atoms with Crippen LogP contribution in [-0.2, 0) is 4.74 Å². The van der Waals surface area contributed by atoms with Gasteiger partial charge in [-0.2, -0.15) is 0 Å². The molecule has 1 aliphatic heterocycles. The molecule has 2 aromatic rings. The standard InChI is InChI=1S/C16H20N2O2S/c1-10-5-4-6-11-12(17)14(21-13(10)11)15(19)18-7-8-20-16(2,3)9-18/h4-6H,7-9,17H2,1-3H3. The number of amides is 1. The lowest BCUT2D eigenvalue weighted by Crippen LogP contribution is -2.50. The van der Waals surface area contributed by atoms with Crippen LogP contribution in [0.3, 0.4) is 0 Å². The number of aryl methyl sites for hydroxylation is 1. The maximum absolute atomic E-state index is 12.8. The molecular weight excluding hydrogens is 284 g/mol. The lowest BCUT2D eigenvalue weighted by Gasteiger charge is -2.38. The summed E-state index contributed by atoms with van der Waals surface area (Å²) in [6.07, 6.45) is 0. The summed E-state index contributed by atoms with van der Waals surface area (Å²) in [6.45, 7) is 7.84. The quantitative estimate of drug-likeness (QED) is 0.881. The molecule has 0 aliphatic carbocycles. The van der Waals surface area contributed by atoms with Crippen molar-refractivity contribution in [1.29, 1.82) is 0 Å². The van der Waals surface area contributed by atoms with Gasteiger partial charge in [-0.3, -0.25) is 4.79 Å². The van der Waals surface area contributed by atoms with Crippen LogP contribution in [-0.4, -0.2) is 36.1 Å². The number of rotatable bonds is 1. The van der Waals surface area contributed by atoms with E-state index < -0.39 is 0 Å². The molecule has 3 rings (SSSR count). The van der Waals surface area contributed by atoms with Crippen molar-refractivity contribution in [3.63, 3.8) is 0 Å². The van der Waals surface area contributed by atoms with Gasteiger partial charge >= 0.3 is 0 Å². The monoisotopic (exact) mass is 304 g/mol. The molecule has 2 heterocycles. The third-order valence-corrected chi connectivity index (χ3v) is 5.20. The highest BCUT2D eigenvalue weighted by Crippen LogP contribution is 2.36. The van der Waals surface area contributed by atoms with E-state index in [0.717, 1.165) is 15.6 Å². The van der Waals surface area contributed by atoms with Crippen LogP contribution >= 0.6 is 11.3 Å². The maximum Gasteiger partial charge on any atom is 0.266 e. The van der Waals surface area contributed by atoms with Crippen molar-refractivity contribution in [1.82, 2.24) is 4.90 Å². The van der Waals surface area contributed by atoms with Crippen LogP contribution in [0, 0.1) is 6.92 Å². The number of ether oxygens (including phenoxy) is 1. The van der Waals surface area contributed by atoms with Crippen molar-refractivity contribution in [2.45, 2.75) is 26.4 Å². The SMILES string of the molecule is Cc1cccc2c(N)c(C(=O)N3CCOC(C)(C)C3)sc12. The van der Waals surface area contributed by atoms with E-state index in [1.165, 1.54) is 11.3 Å². The average molecular weight is 304 g/mol. The van der Waals surface area contributed by atoms with E-state index in [1.807, 2.05) is 43.9 Å². The molecule has 0 saturated carbocycles. The third kappa shape index (κ3) is 2.51. The van der Waals surface area contributed by atoms with Crippen LogP contribution < -0.4 is 5.73 Å². The van der Waals surface area contributed by atoms with Crippen molar-refractivity contribution in [2.24, 2.45) is 0 Å². The van der Waals surface area contributed by atoms with Gasteiger partial charge in [0.05, 0.1) is 17.9 Å². The Hall–Kier alpha value is -1.59. The van der Waals surface area contributed by atoms with Crippen molar-refractivity contribution >= 4 is 33.0 Å². The van der Waals surface area contributed by atoms with Gasteiger partial charge in [0, 0.05) is 23.2 Å². The third-order valence-electron chi connectivity index (χ3n) is 3.86. The lowest BCUT2D eigenvalue weighted by atomic mass is 10.1. The van der Waals surface area contributed by atoms with Crippen LogP contribution in [0.25, 0.3) is 10.1 Å². The van der Waals surface area contributed by atoms with Gasteiger partial charge in [0.2, 0.25) is 0 Å². The van der Waals surface area contributed by atoms with Crippen LogP contribution in [0.4, 0.5) is 5.69 Å². The minimum Gasteiger partial charge on any atom is -0.397 e. The molecule has 1 aromatic carbocycles. The Balaban J connectivity index is 1.98. The molecule has 1 fully saturated rings. The summed E-state index contributed by atoms with van der Waals surface area (Å²) in [5.74, 6) is 0.0180. The summed E-state index contributed by atoms with van der Waals surface area (Å²) >= 11 is 1.50. The van der Waals surface area contributed by atoms with Gasteiger partial charge in [0.1, 0.15) is 4.88 Å². The molecule has 2 N–H and O–H groups in total. The highest BCUT2D eigenvalue weighted by Gasteiger charge is 2.32. The second kappa shape index (κ2) is 5.00. The minimum absolute atomic E-state index is 0.0180. The van der Waals surface area contributed by atoms with Gasteiger partial charge in [-0.05, 0) is 26.3 Å². The van der Waals surface area contributed by atoms with Crippen LogP contribution in [0.2, 0.25) is 0 Å². The first-order valence-electron chi connectivity index (χ1n) is 7.10. The Morgan fingerprint density at radius 3 is 2.86 bits per heavy atom. The molecule has 21 heavy (non-hydrogen) atoms. The predicted octanol–water partition coefficient (Wildman–Crippen LogP) is 3.04. The highest BCUT2D eigenvalue weighted by atomic mass is 32.1. The van der Waals surface area contributed by atoms with E-state index in [0.29, 0.717) is 30.3 Å². The number of morpholine rings is 1. The van der Waals surface area contributed by atoms with E-state index in [2.05, 4.69) is 0 Å². The minimum atomic E-state index is -0.296. The van der Waals surface area contributed by atoms with E-state index in [1.54, 1.807) is 0 Å². The number of hydrogen-bond donors (Lipinski definition) is 1. The number of benzene rings is 1. The first-order chi connectivity index (χ1) is 9.89. The highest BCUT2D eigenvalue weighted by molar-refractivity contribution is 7.21. The normalized spacial score (nSPS) is 18.1. The van der Waals surface area contributed by atoms with Gasteiger partial charge in [0.15, 0.2) is 0 Å². The van der Waals surface area contributed by atoms with E-state index in [4.69, 9.17) is 10.5 Å². The summed E-state index contributed by atoms with van der Waals surface area (Å²) in [4.78, 5) is 15.3. The molecular formula is C16H20N2O2S. The number of fused-ring (bicyclic) bond motifs is 1. The molecule has 0 atom stereocenters. The Morgan fingerprint density at radius 1 is 1.43 bits per heavy atom. The lowest BCUT2D eigenvalue weighted by molar-refractivity contribution is -0.0762. The van der Waals surface area contributed by atoms with Gasteiger partial charge < -0.3 is 15.4 Å². The maximum atomic E-state index is 12.8. The van der Waals surface area contributed by atoms with Crippen molar-refractivity contribution in [3.05, 3.63) is 28.6 Å². The van der Waals surface area contributed by atoms with Gasteiger partial charge in [-0.1, -0.05) is 18.2 Å². The molecule has 0 bridgehead atoms. The Labute approximate surface area is 128 Å². The smallest absolute Gasteiger partial charge is 0.266 e. The summed E-state index contributed by atoms with van der Waals surface area (Å²) in [5.41, 5.74) is 7.68. The largest absolute Gasteiger partial charge is 0.397 e. The fourth-order valence-electron chi connectivity index (χ4n) is 2.77. The Bertz CT molecular complexity index is 706. The number of carbonyl (C=O) groups excluding carboxylic acids is 1. The Morgan fingerprint density at radius 2 is 2.19 bits per heavy atom. The molecule has 1 amide bonds. The number of nitrogens with zero attached hydrogens (tertiary/aromatic N) is 1. The van der Waals surface area contributed by atoms with Crippen molar-refractivity contribution in [3.8, 4) is 0 Å². The molecule has 112 valence electrons. The predicted molar refractivity (Wildman–Crippen MR) is 86.9 cm³/mol. The van der Waals surface area contributed by atoms with E-state index >= 15 is 0 Å². The number of anilines is 1. The first-order valence-corrected chi connectivity index (χ1v) is 7.91. The Kier molecular flexibility index (Phi) is 3.42. The van der Waals surface area contributed by atoms with Crippen molar-refractivity contribution in [2.75, 3.05) is 25.4 Å². The van der Waals surface area contributed by atoms with Gasteiger partial charge in [-0.15, -0.1) is 11.3 Å². The van der Waals surface area contributed by atoms with Crippen molar-refractivity contribution < 1.29 is 9.53 Å². The number of nitrogen functional groups attached to an aromatic ring is 1. The molecule has 5 heteroatoms. The molecule has 1 saturated heterocycles. The summed E-state index contributed by atoms with van der Waals surface area (Å²) in [5, 5.41) is 0.982. The number of nitrogens with two attached hydrogens (primary N) is 1. The van der Waals surface area contributed by atoms with Crippen LogP contribution in [0.5, 0.6) is 0 Å². The molecule has 1 aromatic heterocycles. The molecule has 0 radical (unpaired) electrons. The molecule has 0 unspecified atom stereocenters. The molecule has 0 spiro atoms. The number of thiophene rings is 1. The number of carbonyl (C=O) groups is 1. The van der Waals surface area contributed by atoms with Crippen LogP contribution in [0.15, 0.2) is 18.2 Å². The zero-order valence-electron chi connectivity index (χ0n) is 12.6. The molecule has 4 nitrogen and oxygen atoms in total. The second-order valence-corrected chi connectivity index (χ2v) is 7.15. The zero-order valence-corrected chi connectivity index (χ0v) is 13.4. The molecule has 1 aliphatic rings. The summed E-state index contributed by atoms with van der Waals surface area (Å²) in [7, 11) is 0.